The molecule has 0 aliphatic heterocycles. The average molecular weight is 346 g/mol. The van der Waals surface area contributed by atoms with Gasteiger partial charge in [-0.15, -0.1) is 0 Å². The lowest BCUT2D eigenvalue weighted by atomic mass is 10.0. The van der Waals surface area contributed by atoms with E-state index in [0.717, 1.165) is 9.87 Å². The van der Waals surface area contributed by atoms with Crippen molar-refractivity contribution < 1.29 is 13.2 Å². The highest BCUT2D eigenvalue weighted by Crippen LogP contribution is 2.14. The third-order valence-electron chi connectivity index (χ3n) is 3.79. The van der Waals surface area contributed by atoms with Gasteiger partial charge in [0.25, 0.3) is 0 Å². The van der Waals surface area contributed by atoms with Crippen molar-refractivity contribution in [2.45, 2.75) is 17.7 Å². The monoisotopic (exact) mass is 346 g/mol. The number of carbonyl (C=O) groups excluding carboxylic acids is 1. The van der Waals surface area contributed by atoms with Crippen molar-refractivity contribution >= 4 is 15.9 Å². The van der Waals surface area contributed by atoms with Gasteiger partial charge in [0.15, 0.2) is 0 Å². The van der Waals surface area contributed by atoms with Gasteiger partial charge in [0.1, 0.15) is 0 Å². The molecular weight excluding hydrogens is 324 g/mol. The van der Waals surface area contributed by atoms with Gasteiger partial charge in [-0.3, -0.25) is 4.79 Å². The van der Waals surface area contributed by atoms with Crippen molar-refractivity contribution in [3.63, 3.8) is 0 Å². The van der Waals surface area contributed by atoms with E-state index in [0.29, 0.717) is 6.54 Å². The van der Waals surface area contributed by atoms with E-state index in [1.165, 1.54) is 19.2 Å². The van der Waals surface area contributed by atoms with E-state index in [9.17, 15) is 13.2 Å². The quantitative estimate of drug-likeness (QED) is 0.836. The largest absolute Gasteiger partial charge is 0.354 e. The lowest BCUT2D eigenvalue weighted by Crippen LogP contribution is -2.39. The third kappa shape index (κ3) is 4.66. The summed E-state index contributed by atoms with van der Waals surface area (Å²) in [4.78, 5) is 12.2. The Kier molecular flexibility index (Phi) is 6.11. The van der Waals surface area contributed by atoms with Crippen LogP contribution in [0.15, 0.2) is 65.6 Å². The first-order valence-corrected chi connectivity index (χ1v) is 9.18. The molecule has 1 atom stereocenters. The summed E-state index contributed by atoms with van der Waals surface area (Å²) in [5.41, 5.74) is 1.13. The first-order valence-electron chi connectivity index (χ1n) is 7.74. The number of amides is 1. The van der Waals surface area contributed by atoms with Gasteiger partial charge >= 0.3 is 0 Å². The van der Waals surface area contributed by atoms with Crippen molar-refractivity contribution in [2.24, 2.45) is 0 Å². The Hall–Kier alpha value is -2.18. The maximum Gasteiger partial charge on any atom is 0.243 e. The zero-order valence-corrected chi connectivity index (χ0v) is 14.7. The van der Waals surface area contributed by atoms with Crippen LogP contribution in [0.3, 0.4) is 0 Å². The maximum atomic E-state index is 12.4. The fourth-order valence-electron chi connectivity index (χ4n) is 2.28. The molecule has 0 radical (unpaired) electrons. The molecule has 2 aromatic carbocycles. The van der Waals surface area contributed by atoms with Crippen molar-refractivity contribution in [3.8, 4) is 0 Å². The third-order valence-corrected chi connectivity index (χ3v) is 5.61. The van der Waals surface area contributed by atoms with Crippen molar-refractivity contribution in [1.29, 1.82) is 0 Å². The smallest absolute Gasteiger partial charge is 0.243 e. The summed E-state index contributed by atoms with van der Waals surface area (Å²) in [6, 6.07) is 17.9. The summed E-state index contributed by atoms with van der Waals surface area (Å²) in [6.45, 7) is 2.26. The van der Waals surface area contributed by atoms with Crippen LogP contribution in [0.1, 0.15) is 18.4 Å². The molecule has 6 heteroatoms. The van der Waals surface area contributed by atoms with Gasteiger partial charge in [-0.05, 0) is 23.6 Å². The number of benzene rings is 2. The second-order valence-electron chi connectivity index (χ2n) is 5.69. The number of nitrogens with zero attached hydrogens (tertiary/aromatic N) is 1. The van der Waals surface area contributed by atoms with E-state index in [1.54, 1.807) is 18.2 Å². The summed E-state index contributed by atoms with van der Waals surface area (Å²) in [5, 5.41) is 2.79. The van der Waals surface area contributed by atoms with E-state index in [-0.39, 0.29) is 23.3 Å². The summed E-state index contributed by atoms with van der Waals surface area (Å²) in [6.07, 6.45) is 0. The molecule has 24 heavy (non-hydrogen) atoms. The number of hydrogen-bond acceptors (Lipinski definition) is 3. The summed E-state index contributed by atoms with van der Waals surface area (Å²) in [7, 11) is -2.25. The van der Waals surface area contributed by atoms with Crippen molar-refractivity contribution in [1.82, 2.24) is 9.62 Å². The molecule has 1 amide bonds. The standard InChI is InChI=1S/C18H22N2O3S/c1-15(16-9-5-3-6-10-16)13-19-18(21)14-20(2)24(22,23)17-11-7-4-8-12-17/h3-12,15H,13-14H2,1-2H3,(H,19,21). The molecule has 128 valence electrons. The van der Waals surface area contributed by atoms with Gasteiger partial charge < -0.3 is 5.32 Å². The normalized spacial score (nSPS) is 12.8. The average Bonchev–Trinajstić information content (AvgIpc) is 2.61. The number of hydrogen-bond donors (Lipinski definition) is 1. The first kappa shape index (κ1) is 18.2. The summed E-state index contributed by atoms with van der Waals surface area (Å²) < 4.78 is 25.8. The Labute approximate surface area is 143 Å². The number of likely N-dealkylation sites (N-methyl/N-ethyl adjacent to an activating group) is 1. The molecule has 0 fully saturated rings. The lowest BCUT2D eigenvalue weighted by Gasteiger charge is -2.18. The Morgan fingerprint density at radius 1 is 1.04 bits per heavy atom. The molecule has 0 aliphatic carbocycles. The number of nitrogens with one attached hydrogen (secondary N) is 1. The van der Waals surface area contributed by atoms with Crippen LogP contribution in [0.5, 0.6) is 0 Å². The van der Waals surface area contributed by atoms with E-state index in [4.69, 9.17) is 0 Å². The van der Waals surface area contributed by atoms with E-state index in [2.05, 4.69) is 5.32 Å². The highest BCUT2D eigenvalue weighted by atomic mass is 32.2. The zero-order chi connectivity index (χ0) is 17.6. The minimum absolute atomic E-state index is 0.159. The van der Waals surface area contributed by atoms with Crippen LogP contribution in [0.4, 0.5) is 0 Å². The van der Waals surface area contributed by atoms with Gasteiger partial charge in [-0.1, -0.05) is 55.5 Å². The molecule has 0 aliphatic rings. The fourth-order valence-corrected chi connectivity index (χ4v) is 3.43. The number of rotatable bonds is 7. The van der Waals surface area contributed by atoms with Gasteiger partial charge in [0.05, 0.1) is 11.4 Å². The molecular formula is C18H22N2O3S. The van der Waals surface area contributed by atoms with Crippen LogP contribution >= 0.6 is 0 Å². The van der Waals surface area contributed by atoms with Crippen molar-refractivity contribution in [3.05, 3.63) is 66.2 Å². The Bertz CT molecular complexity index is 761. The maximum absolute atomic E-state index is 12.4. The molecule has 5 nitrogen and oxygen atoms in total. The molecule has 0 saturated carbocycles. The molecule has 0 spiro atoms. The van der Waals surface area contributed by atoms with Crippen LogP contribution in [-0.4, -0.2) is 38.8 Å². The lowest BCUT2D eigenvalue weighted by molar-refractivity contribution is -0.121. The molecule has 1 unspecified atom stereocenters. The number of carbonyl (C=O) groups is 1. The highest BCUT2D eigenvalue weighted by molar-refractivity contribution is 7.89. The van der Waals surface area contributed by atoms with Gasteiger partial charge in [0, 0.05) is 13.6 Å². The summed E-state index contributed by atoms with van der Waals surface area (Å²) >= 11 is 0. The van der Waals surface area contributed by atoms with Crippen LogP contribution < -0.4 is 5.32 Å². The second kappa shape index (κ2) is 8.08. The van der Waals surface area contributed by atoms with Crippen LogP contribution in [0.25, 0.3) is 0 Å². The zero-order valence-electron chi connectivity index (χ0n) is 13.8. The predicted octanol–water partition coefficient (Wildman–Crippen LogP) is 2.23. The Morgan fingerprint density at radius 3 is 2.17 bits per heavy atom. The molecule has 2 aromatic rings. The molecule has 2 rings (SSSR count). The Balaban J connectivity index is 1.90. The first-order chi connectivity index (χ1) is 11.4. The van der Waals surface area contributed by atoms with Gasteiger partial charge in [-0.25, -0.2) is 8.42 Å². The molecule has 0 saturated heterocycles. The molecule has 0 aromatic heterocycles. The molecule has 1 N–H and O–H groups in total. The van der Waals surface area contributed by atoms with E-state index in [1.807, 2.05) is 37.3 Å². The highest BCUT2D eigenvalue weighted by Gasteiger charge is 2.22. The SMILES string of the molecule is CC(CNC(=O)CN(C)S(=O)(=O)c1ccccc1)c1ccccc1. The van der Waals surface area contributed by atoms with Crippen LogP contribution in [0, 0.1) is 0 Å². The molecule has 0 bridgehead atoms. The second-order valence-corrected chi connectivity index (χ2v) is 7.73. The van der Waals surface area contributed by atoms with Crippen LogP contribution in [-0.2, 0) is 14.8 Å². The minimum atomic E-state index is -3.65. The fraction of sp³-hybridized carbons (Fsp3) is 0.278. The van der Waals surface area contributed by atoms with Crippen LogP contribution in [0.2, 0.25) is 0 Å². The minimum Gasteiger partial charge on any atom is -0.354 e. The number of sulfonamides is 1. The predicted molar refractivity (Wildman–Crippen MR) is 94.1 cm³/mol. The molecule has 0 heterocycles. The summed E-state index contributed by atoms with van der Waals surface area (Å²) in [5.74, 6) is -0.161. The van der Waals surface area contributed by atoms with E-state index >= 15 is 0 Å². The topological polar surface area (TPSA) is 66.5 Å². The van der Waals surface area contributed by atoms with Gasteiger partial charge in [-0.2, -0.15) is 4.31 Å². The van der Waals surface area contributed by atoms with Crippen molar-refractivity contribution in [2.75, 3.05) is 20.1 Å². The Morgan fingerprint density at radius 2 is 1.58 bits per heavy atom. The van der Waals surface area contributed by atoms with E-state index < -0.39 is 10.0 Å². The van der Waals surface area contributed by atoms with Gasteiger partial charge in [0.2, 0.25) is 15.9 Å².